The summed E-state index contributed by atoms with van der Waals surface area (Å²) < 4.78 is 0. The Labute approximate surface area is 135 Å². The standard InChI is InChI=1S/C19H42N2/c1-6-13-20-14-9-7-8-10-15-21(16-11-18(2)3)17-12-19(4)5/h18-20H,6-17H2,1-5H3. The van der Waals surface area contributed by atoms with Gasteiger partial charge in [0.05, 0.1) is 0 Å². The van der Waals surface area contributed by atoms with E-state index in [2.05, 4.69) is 44.8 Å². The van der Waals surface area contributed by atoms with Crippen LogP contribution in [0.1, 0.15) is 79.6 Å². The molecule has 0 saturated carbocycles. The Kier molecular flexibility index (Phi) is 14.8. The Morgan fingerprint density at radius 1 is 0.714 bits per heavy atom. The molecular formula is C19H42N2. The zero-order valence-electron chi connectivity index (χ0n) is 15.6. The maximum Gasteiger partial charge on any atom is -0.00163 e. The largest absolute Gasteiger partial charge is 0.317 e. The minimum absolute atomic E-state index is 0.830. The Balaban J connectivity index is 3.64. The van der Waals surface area contributed by atoms with Crippen molar-refractivity contribution in [3.63, 3.8) is 0 Å². The fourth-order valence-electron chi connectivity index (χ4n) is 2.46. The lowest BCUT2D eigenvalue weighted by molar-refractivity contribution is 0.238. The third kappa shape index (κ3) is 16.1. The molecule has 21 heavy (non-hydrogen) atoms. The van der Waals surface area contributed by atoms with Gasteiger partial charge in [0.2, 0.25) is 0 Å². The molecular weight excluding hydrogens is 256 g/mol. The fourth-order valence-corrected chi connectivity index (χ4v) is 2.46. The molecule has 0 saturated heterocycles. The van der Waals surface area contributed by atoms with E-state index < -0.39 is 0 Å². The second-order valence-electron chi connectivity index (χ2n) is 7.37. The van der Waals surface area contributed by atoms with Gasteiger partial charge in [0.1, 0.15) is 0 Å². The van der Waals surface area contributed by atoms with Crippen molar-refractivity contribution in [3.05, 3.63) is 0 Å². The number of unbranched alkanes of at least 4 members (excludes halogenated alkanes) is 3. The van der Waals surface area contributed by atoms with E-state index in [1.165, 1.54) is 77.7 Å². The highest BCUT2D eigenvalue weighted by molar-refractivity contribution is 4.62. The van der Waals surface area contributed by atoms with Crippen LogP contribution in [0.4, 0.5) is 0 Å². The Morgan fingerprint density at radius 2 is 1.29 bits per heavy atom. The van der Waals surface area contributed by atoms with Crippen LogP contribution >= 0.6 is 0 Å². The summed E-state index contributed by atoms with van der Waals surface area (Å²) in [4.78, 5) is 2.70. The second-order valence-corrected chi connectivity index (χ2v) is 7.37. The van der Waals surface area contributed by atoms with Crippen LogP contribution in [0.3, 0.4) is 0 Å². The molecule has 0 aromatic rings. The van der Waals surface area contributed by atoms with Gasteiger partial charge in [-0.05, 0) is 76.7 Å². The molecule has 0 aliphatic carbocycles. The maximum atomic E-state index is 3.49. The first kappa shape index (κ1) is 20.9. The van der Waals surface area contributed by atoms with E-state index in [0.29, 0.717) is 0 Å². The molecule has 0 rings (SSSR count). The van der Waals surface area contributed by atoms with Gasteiger partial charge in [-0.3, -0.25) is 0 Å². The molecule has 1 N–H and O–H groups in total. The highest BCUT2D eigenvalue weighted by Gasteiger charge is 2.07. The van der Waals surface area contributed by atoms with Crippen LogP contribution in [0, 0.1) is 11.8 Å². The van der Waals surface area contributed by atoms with Gasteiger partial charge in [0.15, 0.2) is 0 Å². The van der Waals surface area contributed by atoms with Gasteiger partial charge in [-0.1, -0.05) is 47.5 Å². The van der Waals surface area contributed by atoms with E-state index >= 15 is 0 Å². The third-order valence-corrected chi connectivity index (χ3v) is 4.05. The summed E-state index contributed by atoms with van der Waals surface area (Å²) >= 11 is 0. The number of hydrogen-bond acceptors (Lipinski definition) is 2. The van der Waals surface area contributed by atoms with Crippen LogP contribution < -0.4 is 5.32 Å². The first-order valence-electron chi connectivity index (χ1n) is 9.49. The molecule has 0 aliphatic rings. The summed E-state index contributed by atoms with van der Waals surface area (Å²) in [6, 6.07) is 0. The zero-order valence-corrected chi connectivity index (χ0v) is 15.6. The highest BCUT2D eigenvalue weighted by Crippen LogP contribution is 2.09. The van der Waals surface area contributed by atoms with Crippen LogP contribution in [0.25, 0.3) is 0 Å². The van der Waals surface area contributed by atoms with E-state index in [0.717, 1.165) is 11.8 Å². The van der Waals surface area contributed by atoms with E-state index in [1.54, 1.807) is 0 Å². The molecule has 0 unspecified atom stereocenters. The summed E-state index contributed by atoms with van der Waals surface area (Å²) in [7, 11) is 0. The van der Waals surface area contributed by atoms with Crippen LogP contribution in [0.15, 0.2) is 0 Å². The Hall–Kier alpha value is -0.0800. The van der Waals surface area contributed by atoms with Crippen molar-refractivity contribution in [3.8, 4) is 0 Å². The van der Waals surface area contributed by atoms with Crippen LogP contribution in [0.5, 0.6) is 0 Å². The van der Waals surface area contributed by atoms with E-state index in [4.69, 9.17) is 0 Å². The van der Waals surface area contributed by atoms with Crippen molar-refractivity contribution in [1.29, 1.82) is 0 Å². The quantitative estimate of drug-likeness (QED) is 0.431. The number of nitrogens with zero attached hydrogens (tertiary/aromatic N) is 1. The van der Waals surface area contributed by atoms with Gasteiger partial charge in [0, 0.05) is 0 Å². The third-order valence-electron chi connectivity index (χ3n) is 4.05. The molecule has 0 aromatic heterocycles. The molecule has 0 heterocycles. The summed E-state index contributed by atoms with van der Waals surface area (Å²) in [6.45, 7) is 17.9. The summed E-state index contributed by atoms with van der Waals surface area (Å²) in [5.74, 6) is 1.66. The number of hydrogen-bond donors (Lipinski definition) is 1. The Bertz CT molecular complexity index is 190. The SMILES string of the molecule is CCCNCCCCCCN(CCC(C)C)CCC(C)C. The Morgan fingerprint density at radius 3 is 1.81 bits per heavy atom. The van der Waals surface area contributed by atoms with Gasteiger partial charge in [-0.25, -0.2) is 0 Å². The van der Waals surface area contributed by atoms with Crippen molar-refractivity contribution in [2.24, 2.45) is 11.8 Å². The molecule has 0 atom stereocenters. The van der Waals surface area contributed by atoms with Crippen LogP contribution in [-0.4, -0.2) is 37.6 Å². The van der Waals surface area contributed by atoms with Gasteiger partial charge < -0.3 is 10.2 Å². The first-order chi connectivity index (χ1) is 10.1. The van der Waals surface area contributed by atoms with Crippen molar-refractivity contribution in [2.45, 2.75) is 79.6 Å². The summed E-state index contributed by atoms with van der Waals surface area (Å²) in [5, 5.41) is 3.49. The zero-order chi connectivity index (χ0) is 15.9. The van der Waals surface area contributed by atoms with Crippen molar-refractivity contribution < 1.29 is 0 Å². The second kappa shape index (κ2) is 14.8. The van der Waals surface area contributed by atoms with E-state index in [9.17, 15) is 0 Å². The molecule has 0 bridgehead atoms. The number of nitrogens with one attached hydrogen (secondary N) is 1. The lowest BCUT2D eigenvalue weighted by atomic mass is 10.1. The predicted octanol–water partition coefficient (Wildman–Crippen LogP) is 4.94. The molecule has 0 aromatic carbocycles. The molecule has 0 amide bonds. The molecule has 0 aliphatic heterocycles. The molecule has 0 radical (unpaired) electrons. The normalized spacial score (nSPS) is 12.0. The smallest absolute Gasteiger partial charge is 0.00163 e. The molecule has 128 valence electrons. The average molecular weight is 299 g/mol. The monoisotopic (exact) mass is 298 g/mol. The summed E-state index contributed by atoms with van der Waals surface area (Å²) in [5.41, 5.74) is 0. The van der Waals surface area contributed by atoms with Crippen molar-refractivity contribution in [2.75, 3.05) is 32.7 Å². The lowest BCUT2D eigenvalue weighted by Gasteiger charge is -2.24. The average Bonchev–Trinajstić information content (AvgIpc) is 2.43. The minimum Gasteiger partial charge on any atom is -0.317 e. The maximum absolute atomic E-state index is 3.49. The van der Waals surface area contributed by atoms with Crippen molar-refractivity contribution in [1.82, 2.24) is 10.2 Å². The fraction of sp³-hybridized carbons (Fsp3) is 1.00. The first-order valence-corrected chi connectivity index (χ1v) is 9.49. The highest BCUT2D eigenvalue weighted by atomic mass is 15.1. The molecule has 0 fully saturated rings. The molecule has 2 heteroatoms. The van der Waals surface area contributed by atoms with Gasteiger partial charge in [-0.2, -0.15) is 0 Å². The van der Waals surface area contributed by atoms with Gasteiger partial charge in [0.25, 0.3) is 0 Å². The van der Waals surface area contributed by atoms with Gasteiger partial charge in [-0.15, -0.1) is 0 Å². The number of rotatable bonds is 15. The van der Waals surface area contributed by atoms with E-state index in [-0.39, 0.29) is 0 Å². The van der Waals surface area contributed by atoms with E-state index in [1.807, 2.05) is 0 Å². The summed E-state index contributed by atoms with van der Waals surface area (Å²) in [6.07, 6.45) is 9.45. The minimum atomic E-state index is 0.830. The van der Waals surface area contributed by atoms with Crippen LogP contribution in [0.2, 0.25) is 0 Å². The van der Waals surface area contributed by atoms with Crippen LogP contribution in [-0.2, 0) is 0 Å². The van der Waals surface area contributed by atoms with Crippen molar-refractivity contribution >= 4 is 0 Å². The lowest BCUT2D eigenvalue weighted by Crippen LogP contribution is -2.29. The van der Waals surface area contributed by atoms with Gasteiger partial charge >= 0.3 is 0 Å². The molecule has 0 spiro atoms. The topological polar surface area (TPSA) is 15.3 Å². The predicted molar refractivity (Wildman–Crippen MR) is 97.0 cm³/mol. The molecule has 2 nitrogen and oxygen atoms in total.